The van der Waals surface area contributed by atoms with E-state index in [0.29, 0.717) is 21.8 Å². The summed E-state index contributed by atoms with van der Waals surface area (Å²) in [5.41, 5.74) is 0. The quantitative estimate of drug-likeness (QED) is 0.921. The number of carbonyl (C=O) groups excluding carboxylic acids is 1. The Labute approximate surface area is 116 Å². The molecule has 1 aliphatic carbocycles. The number of nitrogens with one attached hydrogen (secondary N) is 1. The Bertz CT molecular complexity index is 411. The van der Waals surface area contributed by atoms with Crippen LogP contribution in [0.25, 0.3) is 0 Å². The highest BCUT2D eigenvalue weighted by Gasteiger charge is 2.17. The normalized spacial score (nSPS) is 15.7. The van der Waals surface area contributed by atoms with Gasteiger partial charge in [0.25, 0.3) is 5.91 Å². The van der Waals surface area contributed by atoms with Gasteiger partial charge in [-0.2, -0.15) is 0 Å². The number of hydrogen-bond acceptors (Lipinski definition) is 2. The zero-order valence-electron chi connectivity index (χ0n) is 9.92. The summed E-state index contributed by atoms with van der Waals surface area (Å²) >= 11 is 11.7. The van der Waals surface area contributed by atoms with Crippen molar-refractivity contribution in [1.29, 1.82) is 0 Å². The molecule has 5 heteroatoms. The molecule has 0 aromatic heterocycles. The molecule has 18 heavy (non-hydrogen) atoms. The lowest BCUT2D eigenvalue weighted by molar-refractivity contribution is -0.123. The maximum absolute atomic E-state index is 11.6. The lowest BCUT2D eigenvalue weighted by Gasteiger charge is -2.12. The minimum atomic E-state index is -0.0991. The van der Waals surface area contributed by atoms with Gasteiger partial charge in [-0.25, -0.2) is 0 Å². The fourth-order valence-corrected chi connectivity index (χ4v) is 2.61. The van der Waals surface area contributed by atoms with E-state index in [1.165, 1.54) is 12.8 Å². The molecule has 1 aromatic rings. The van der Waals surface area contributed by atoms with Gasteiger partial charge in [-0.05, 0) is 31.0 Å². The van der Waals surface area contributed by atoms with Crippen molar-refractivity contribution >= 4 is 29.1 Å². The van der Waals surface area contributed by atoms with E-state index in [9.17, 15) is 4.79 Å². The summed E-state index contributed by atoms with van der Waals surface area (Å²) in [5.74, 6) is 0.409. The van der Waals surface area contributed by atoms with Crippen molar-refractivity contribution in [3.05, 3.63) is 28.2 Å². The van der Waals surface area contributed by atoms with E-state index >= 15 is 0 Å². The van der Waals surface area contributed by atoms with Gasteiger partial charge in [0.2, 0.25) is 0 Å². The van der Waals surface area contributed by atoms with Crippen LogP contribution in [-0.4, -0.2) is 18.6 Å². The van der Waals surface area contributed by atoms with Gasteiger partial charge in [-0.1, -0.05) is 36.0 Å². The van der Waals surface area contributed by atoms with Crippen molar-refractivity contribution in [1.82, 2.24) is 5.32 Å². The monoisotopic (exact) mass is 287 g/mol. The Morgan fingerprint density at radius 3 is 2.44 bits per heavy atom. The fraction of sp³-hybridized carbons (Fsp3) is 0.462. The molecule has 1 N–H and O–H groups in total. The molecule has 1 aliphatic rings. The predicted molar refractivity (Wildman–Crippen MR) is 72.4 cm³/mol. The molecular weight excluding hydrogens is 273 g/mol. The molecule has 0 heterocycles. The minimum Gasteiger partial charge on any atom is -0.484 e. The van der Waals surface area contributed by atoms with Crippen molar-refractivity contribution in [2.24, 2.45) is 0 Å². The van der Waals surface area contributed by atoms with E-state index in [1.807, 2.05) is 0 Å². The van der Waals surface area contributed by atoms with Gasteiger partial charge < -0.3 is 10.1 Å². The number of amides is 1. The molecule has 0 radical (unpaired) electrons. The molecular formula is C13H15Cl2NO2. The molecule has 0 spiro atoms. The minimum absolute atomic E-state index is 0.00677. The Balaban J connectivity index is 1.81. The first-order valence-electron chi connectivity index (χ1n) is 6.02. The van der Waals surface area contributed by atoms with Crippen LogP contribution in [0.5, 0.6) is 5.75 Å². The molecule has 0 aliphatic heterocycles. The second-order valence-corrected chi connectivity index (χ2v) is 5.32. The average molecular weight is 288 g/mol. The second kappa shape index (κ2) is 6.30. The SMILES string of the molecule is O=C(COc1cc(Cl)cc(Cl)c1)NC1CCCC1. The Kier molecular flexibility index (Phi) is 4.72. The second-order valence-electron chi connectivity index (χ2n) is 4.44. The number of benzene rings is 1. The van der Waals surface area contributed by atoms with Crippen LogP contribution < -0.4 is 10.1 Å². The van der Waals surface area contributed by atoms with Crippen LogP contribution in [0.3, 0.4) is 0 Å². The maximum Gasteiger partial charge on any atom is 0.258 e. The van der Waals surface area contributed by atoms with E-state index in [2.05, 4.69) is 5.32 Å². The van der Waals surface area contributed by atoms with Crippen molar-refractivity contribution in [3.8, 4) is 5.75 Å². The number of rotatable bonds is 4. The molecule has 1 fully saturated rings. The smallest absolute Gasteiger partial charge is 0.258 e. The summed E-state index contributed by atoms with van der Waals surface area (Å²) in [4.78, 5) is 11.6. The van der Waals surface area contributed by atoms with E-state index in [4.69, 9.17) is 27.9 Å². The van der Waals surface area contributed by atoms with Gasteiger partial charge in [0, 0.05) is 16.1 Å². The number of ether oxygens (including phenoxy) is 1. The molecule has 1 aromatic carbocycles. The summed E-state index contributed by atoms with van der Waals surface area (Å²) in [6, 6.07) is 5.20. The van der Waals surface area contributed by atoms with Crippen LogP contribution in [0, 0.1) is 0 Å². The highest BCUT2D eigenvalue weighted by atomic mass is 35.5. The highest BCUT2D eigenvalue weighted by Crippen LogP contribution is 2.24. The third-order valence-corrected chi connectivity index (χ3v) is 3.36. The molecule has 1 amide bonds. The largest absolute Gasteiger partial charge is 0.484 e. The van der Waals surface area contributed by atoms with Gasteiger partial charge in [0.15, 0.2) is 6.61 Å². The Hall–Kier alpha value is -0.930. The third-order valence-electron chi connectivity index (χ3n) is 2.93. The number of hydrogen-bond donors (Lipinski definition) is 1. The molecule has 0 unspecified atom stereocenters. The lowest BCUT2D eigenvalue weighted by Crippen LogP contribution is -2.36. The zero-order valence-corrected chi connectivity index (χ0v) is 11.4. The standard InChI is InChI=1S/C13H15Cl2NO2/c14-9-5-10(15)7-12(6-9)18-8-13(17)16-11-3-1-2-4-11/h5-7,11H,1-4,8H2,(H,16,17). The lowest BCUT2D eigenvalue weighted by atomic mass is 10.2. The van der Waals surface area contributed by atoms with Crippen LogP contribution in [0.4, 0.5) is 0 Å². The van der Waals surface area contributed by atoms with Crippen molar-refractivity contribution in [2.45, 2.75) is 31.7 Å². The van der Waals surface area contributed by atoms with E-state index in [0.717, 1.165) is 12.8 Å². The van der Waals surface area contributed by atoms with Gasteiger partial charge in [0.05, 0.1) is 0 Å². The van der Waals surface area contributed by atoms with Gasteiger partial charge in [-0.15, -0.1) is 0 Å². The highest BCUT2D eigenvalue weighted by molar-refractivity contribution is 6.34. The van der Waals surface area contributed by atoms with Crippen LogP contribution in [0.1, 0.15) is 25.7 Å². The number of halogens is 2. The predicted octanol–water partition coefficient (Wildman–Crippen LogP) is 3.43. The van der Waals surface area contributed by atoms with E-state index in [-0.39, 0.29) is 12.5 Å². The molecule has 0 saturated heterocycles. The van der Waals surface area contributed by atoms with Gasteiger partial charge in [0.1, 0.15) is 5.75 Å². The summed E-state index contributed by atoms with van der Waals surface area (Å²) in [7, 11) is 0. The summed E-state index contributed by atoms with van der Waals surface area (Å²) in [6.07, 6.45) is 4.51. The summed E-state index contributed by atoms with van der Waals surface area (Å²) in [6.45, 7) is -0.00677. The van der Waals surface area contributed by atoms with Crippen molar-refractivity contribution in [2.75, 3.05) is 6.61 Å². The Morgan fingerprint density at radius 2 is 1.83 bits per heavy atom. The molecule has 0 atom stereocenters. The van der Waals surface area contributed by atoms with Crippen LogP contribution in [0.2, 0.25) is 10.0 Å². The van der Waals surface area contributed by atoms with E-state index < -0.39 is 0 Å². The van der Waals surface area contributed by atoms with Crippen LogP contribution in [0.15, 0.2) is 18.2 Å². The summed E-state index contributed by atoms with van der Waals surface area (Å²) < 4.78 is 5.36. The van der Waals surface area contributed by atoms with E-state index in [1.54, 1.807) is 18.2 Å². The van der Waals surface area contributed by atoms with Gasteiger partial charge in [-0.3, -0.25) is 4.79 Å². The molecule has 2 rings (SSSR count). The fourth-order valence-electron chi connectivity index (χ4n) is 2.10. The first kappa shape index (κ1) is 13.5. The molecule has 0 bridgehead atoms. The maximum atomic E-state index is 11.6. The zero-order chi connectivity index (χ0) is 13.0. The first-order valence-corrected chi connectivity index (χ1v) is 6.77. The van der Waals surface area contributed by atoms with Crippen LogP contribution >= 0.6 is 23.2 Å². The molecule has 98 valence electrons. The topological polar surface area (TPSA) is 38.3 Å². The first-order chi connectivity index (χ1) is 8.63. The Morgan fingerprint density at radius 1 is 1.22 bits per heavy atom. The summed E-state index contributed by atoms with van der Waals surface area (Å²) in [5, 5.41) is 3.94. The third kappa shape index (κ3) is 4.07. The molecule has 1 saturated carbocycles. The van der Waals surface area contributed by atoms with Crippen molar-refractivity contribution < 1.29 is 9.53 Å². The number of carbonyl (C=O) groups is 1. The van der Waals surface area contributed by atoms with Crippen LogP contribution in [-0.2, 0) is 4.79 Å². The van der Waals surface area contributed by atoms with Crippen molar-refractivity contribution in [3.63, 3.8) is 0 Å². The average Bonchev–Trinajstić information content (AvgIpc) is 2.78. The molecule has 3 nitrogen and oxygen atoms in total. The van der Waals surface area contributed by atoms with Gasteiger partial charge >= 0.3 is 0 Å².